The van der Waals surface area contributed by atoms with E-state index in [1.165, 1.54) is 6.20 Å². The molecule has 6 nitrogen and oxygen atoms in total. The molecule has 192 valence electrons. The van der Waals surface area contributed by atoms with Crippen LogP contribution in [0, 0.1) is 11.2 Å². The van der Waals surface area contributed by atoms with E-state index in [0.717, 1.165) is 82.0 Å². The number of benzene rings is 1. The fourth-order valence-electron chi connectivity index (χ4n) is 5.21. The minimum atomic E-state index is -0.302. The van der Waals surface area contributed by atoms with Crippen LogP contribution in [0.1, 0.15) is 52.4 Å². The van der Waals surface area contributed by atoms with Crippen LogP contribution >= 0.6 is 0 Å². The van der Waals surface area contributed by atoms with Crippen molar-refractivity contribution in [2.45, 2.75) is 70.5 Å². The molecule has 0 amide bonds. The van der Waals surface area contributed by atoms with Gasteiger partial charge in [0.15, 0.2) is 0 Å². The lowest BCUT2D eigenvalue weighted by Crippen LogP contribution is -2.42. The first-order valence-electron chi connectivity index (χ1n) is 13.0. The predicted molar refractivity (Wildman–Crippen MR) is 140 cm³/mol. The zero-order chi connectivity index (χ0) is 24.7. The van der Waals surface area contributed by atoms with Crippen LogP contribution in [0.4, 0.5) is 15.9 Å². The lowest BCUT2D eigenvalue weighted by Gasteiger charge is -2.34. The van der Waals surface area contributed by atoms with Gasteiger partial charge in [-0.15, -0.1) is 0 Å². The molecule has 1 atom stereocenters. The second-order valence-corrected chi connectivity index (χ2v) is 10.6. The van der Waals surface area contributed by atoms with Crippen molar-refractivity contribution in [2.24, 2.45) is 5.41 Å². The van der Waals surface area contributed by atoms with E-state index in [1.54, 1.807) is 7.11 Å². The standard InChI is InChI=1S/C28H41FN4O2/c1-20(18-34-3)32-22-7-9-23(10-8-22)33-27-16-25(26(29)17-30-27)21-5-4-6-24(15-21)31-19-28(2)11-13-35-14-12-28/h4-6,15-17,20,22-23,31-32H,7-14,18-19H2,1-3H3,(H,30,33)/t20-,22?,23?/m0/s1. The fraction of sp³-hybridized carbons (Fsp3) is 0.607. The summed E-state index contributed by atoms with van der Waals surface area (Å²) in [5.41, 5.74) is 2.67. The van der Waals surface area contributed by atoms with E-state index in [9.17, 15) is 4.39 Å². The third-order valence-electron chi connectivity index (χ3n) is 7.46. The second-order valence-electron chi connectivity index (χ2n) is 10.6. The third-order valence-corrected chi connectivity index (χ3v) is 7.46. The number of methoxy groups -OCH3 is 1. The molecule has 2 heterocycles. The number of aromatic nitrogens is 1. The first-order valence-corrected chi connectivity index (χ1v) is 13.0. The van der Waals surface area contributed by atoms with Crippen LogP contribution in [0.15, 0.2) is 36.5 Å². The van der Waals surface area contributed by atoms with E-state index in [-0.39, 0.29) is 11.2 Å². The van der Waals surface area contributed by atoms with Gasteiger partial charge in [0.2, 0.25) is 0 Å². The number of hydrogen-bond donors (Lipinski definition) is 3. The van der Waals surface area contributed by atoms with Gasteiger partial charge in [0.1, 0.15) is 11.6 Å². The number of hydrogen-bond acceptors (Lipinski definition) is 6. The average molecular weight is 485 g/mol. The molecule has 2 aliphatic rings. The Hall–Kier alpha value is -2.22. The van der Waals surface area contributed by atoms with Crippen molar-refractivity contribution in [3.05, 3.63) is 42.3 Å². The summed E-state index contributed by atoms with van der Waals surface area (Å²) in [6.45, 7) is 7.71. The second kappa shape index (κ2) is 12.2. The number of anilines is 2. The van der Waals surface area contributed by atoms with Gasteiger partial charge < -0.3 is 25.4 Å². The van der Waals surface area contributed by atoms with Gasteiger partial charge in [0.05, 0.1) is 12.8 Å². The summed E-state index contributed by atoms with van der Waals surface area (Å²) in [5, 5.41) is 10.8. The Balaban J connectivity index is 1.36. The van der Waals surface area contributed by atoms with Crippen LogP contribution in [-0.2, 0) is 9.47 Å². The van der Waals surface area contributed by atoms with E-state index in [2.05, 4.69) is 34.8 Å². The Labute approximate surface area is 209 Å². The highest BCUT2D eigenvalue weighted by Gasteiger charge is 2.27. The zero-order valence-corrected chi connectivity index (χ0v) is 21.4. The van der Waals surface area contributed by atoms with Crippen LogP contribution in [0.25, 0.3) is 11.1 Å². The minimum Gasteiger partial charge on any atom is -0.384 e. The van der Waals surface area contributed by atoms with E-state index < -0.39 is 0 Å². The molecule has 0 unspecified atom stereocenters. The Morgan fingerprint density at radius 3 is 2.63 bits per heavy atom. The highest BCUT2D eigenvalue weighted by molar-refractivity contribution is 5.70. The first-order chi connectivity index (χ1) is 16.9. The molecule has 1 aliphatic heterocycles. The normalized spacial score (nSPS) is 23.0. The SMILES string of the molecule is COC[C@H](C)NC1CCC(Nc2cc(-c3cccc(NCC4(C)CCOCC4)c3)c(F)cn2)CC1. The molecule has 1 saturated heterocycles. The summed E-state index contributed by atoms with van der Waals surface area (Å²) in [6.07, 6.45) is 7.79. The molecule has 35 heavy (non-hydrogen) atoms. The summed E-state index contributed by atoms with van der Waals surface area (Å²) >= 11 is 0. The largest absolute Gasteiger partial charge is 0.384 e. The highest BCUT2D eigenvalue weighted by Crippen LogP contribution is 2.32. The maximum absolute atomic E-state index is 14.8. The van der Waals surface area contributed by atoms with Crippen LogP contribution in [0.3, 0.4) is 0 Å². The summed E-state index contributed by atoms with van der Waals surface area (Å²) in [7, 11) is 1.74. The van der Waals surface area contributed by atoms with Gasteiger partial charge in [-0.05, 0) is 74.6 Å². The Bertz CT molecular complexity index is 942. The van der Waals surface area contributed by atoms with E-state index >= 15 is 0 Å². The Kier molecular flexibility index (Phi) is 8.98. The van der Waals surface area contributed by atoms with Gasteiger partial charge in [-0.3, -0.25) is 0 Å². The number of pyridine rings is 1. The van der Waals surface area contributed by atoms with Gasteiger partial charge in [-0.25, -0.2) is 9.37 Å². The molecule has 4 rings (SSSR count). The first kappa shape index (κ1) is 25.9. The molecular weight excluding hydrogens is 443 g/mol. The number of rotatable bonds is 10. The molecule has 1 aromatic heterocycles. The van der Waals surface area contributed by atoms with Gasteiger partial charge >= 0.3 is 0 Å². The van der Waals surface area contributed by atoms with Crippen molar-refractivity contribution >= 4 is 11.5 Å². The van der Waals surface area contributed by atoms with Crippen LogP contribution < -0.4 is 16.0 Å². The molecule has 0 radical (unpaired) electrons. The molecule has 1 saturated carbocycles. The van der Waals surface area contributed by atoms with Crippen LogP contribution in [-0.4, -0.2) is 56.6 Å². The van der Waals surface area contributed by atoms with E-state index in [4.69, 9.17) is 9.47 Å². The maximum atomic E-state index is 14.8. The average Bonchev–Trinajstić information content (AvgIpc) is 2.86. The summed E-state index contributed by atoms with van der Waals surface area (Å²) < 4.78 is 25.5. The zero-order valence-electron chi connectivity index (χ0n) is 21.4. The van der Waals surface area contributed by atoms with E-state index in [1.807, 2.05) is 30.3 Å². The summed E-state index contributed by atoms with van der Waals surface area (Å²) in [6, 6.07) is 11.1. The fourth-order valence-corrected chi connectivity index (χ4v) is 5.21. The van der Waals surface area contributed by atoms with Crippen molar-refractivity contribution in [1.82, 2.24) is 10.3 Å². The summed E-state index contributed by atoms with van der Waals surface area (Å²) in [5.74, 6) is 0.433. The maximum Gasteiger partial charge on any atom is 0.149 e. The van der Waals surface area contributed by atoms with Crippen molar-refractivity contribution in [3.63, 3.8) is 0 Å². The molecule has 0 spiro atoms. The quantitative estimate of drug-likeness (QED) is 0.416. The molecule has 2 aromatic rings. The molecule has 0 bridgehead atoms. The van der Waals surface area contributed by atoms with Crippen molar-refractivity contribution < 1.29 is 13.9 Å². The lowest BCUT2D eigenvalue weighted by atomic mass is 9.82. The third kappa shape index (κ3) is 7.38. The Morgan fingerprint density at radius 1 is 1.14 bits per heavy atom. The number of ether oxygens (including phenoxy) is 2. The lowest BCUT2D eigenvalue weighted by molar-refractivity contribution is 0.0300. The van der Waals surface area contributed by atoms with Gasteiger partial charge in [-0.1, -0.05) is 19.1 Å². The number of nitrogens with one attached hydrogen (secondary N) is 3. The van der Waals surface area contributed by atoms with Gasteiger partial charge in [-0.2, -0.15) is 0 Å². The number of halogens is 1. The summed E-state index contributed by atoms with van der Waals surface area (Å²) in [4.78, 5) is 4.33. The van der Waals surface area contributed by atoms with Gasteiger partial charge in [0.25, 0.3) is 0 Å². The predicted octanol–water partition coefficient (Wildman–Crippen LogP) is 5.46. The Morgan fingerprint density at radius 2 is 1.89 bits per heavy atom. The van der Waals surface area contributed by atoms with Crippen molar-refractivity contribution in [3.8, 4) is 11.1 Å². The smallest absolute Gasteiger partial charge is 0.149 e. The molecule has 3 N–H and O–H groups in total. The minimum absolute atomic E-state index is 0.226. The van der Waals surface area contributed by atoms with Crippen LogP contribution in [0.5, 0.6) is 0 Å². The monoisotopic (exact) mass is 484 g/mol. The topological polar surface area (TPSA) is 67.4 Å². The van der Waals surface area contributed by atoms with Crippen molar-refractivity contribution in [2.75, 3.05) is 44.1 Å². The van der Waals surface area contributed by atoms with Gasteiger partial charge in [0, 0.05) is 56.2 Å². The highest BCUT2D eigenvalue weighted by atomic mass is 19.1. The molecule has 1 aromatic carbocycles. The van der Waals surface area contributed by atoms with Crippen LogP contribution in [0.2, 0.25) is 0 Å². The molecule has 1 aliphatic carbocycles. The number of nitrogens with zero attached hydrogens (tertiary/aromatic N) is 1. The molecule has 7 heteroatoms. The molecule has 2 fully saturated rings. The van der Waals surface area contributed by atoms with Crippen molar-refractivity contribution in [1.29, 1.82) is 0 Å². The molecular formula is C28H41FN4O2. The van der Waals surface area contributed by atoms with E-state index in [0.29, 0.717) is 23.7 Å².